The van der Waals surface area contributed by atoms with Crippen LogP contribution in [0.1, 0.15) is 58.4 Å². The van der Waals surface area contributed by atoms with Crippen molar-refractivity contribution < 1.29 is 4.55 Å². The van der Waals surface area contributed by atoms with Crippen molar-refractivity contribution in [2.45, 2.75) is 63.0 Å². The maximum atomic E-state index is 12.5. The quantitative estimate of drug-likeness (QED) is 0.531. The molecule has 0 bridgehead atoms. The second-order valence-electron chi connectivity index (χ2n) is 6.16. The Bertz CT molecular complexity index is 492. The Labute approximate surface area is 136 Å². The number of hydrogen-bond acceptors (Lipinski definition) is 2. The largest absolute Gasteiger partial charge is 0.591 e. The average molecular weight is 326 g/mol. The maximum Gasteiger partial charge on any atom is 0.149 e. The van der Waals surface area contributed by atoms with Crippen LogP contribution in [0, 0.1) is 0 Å². The van der Waals surface area contributed by atoms with Crippen LogP contribution in [0.2, 0.25) is 5.02 Å². The van der Waals surface area contributed by atoms with Gasteiger partial charge in [-0.3, -0.25) is 0 Å². The summed E-state index contributed by atoms with van der Waals surface area (Å²) in [5, 5.41) is 0.748. The minimum Gasteiger partial charge on any atom is -0.591 e. The molecule has 1 fully saturated rings. The monoisotopic (exact) mass is 325 g/mol. The molecule has 0 aliphatic heterocycles. The molecule has 21 heavy (non-hydrogen) atoms. The molecule has 1 aliphatic carbocycles. The first-order chi connectivity index (χ1) is 9.96. The van der Waals surface area contributed by atoms with Crippen LogP contribution < -0.4 is 0 Å². The number of halogens is 1. The van der Waals surface area contributed by atoms with Gasteiger partial charge in [-0.15, -0.1) is 0 Å². The van der Waals surface area contributed by atoms with Gasteiger partial charge in [0.2, 0.25) is 0 Å². The summed E-state index contributed by atoms with van der Waals surface area (Å²) in [6.45, 7) is 6.21. The van der Waals surface area contributed by atoms with Crippen LogP contribution in [0.5, 0.6) is 0 Å². The highest BCUT2D eigenvalue weighted by molar-refractivity contribution is 7.91. The second kappa shape index (κ2) is 6.72. The summed E-state index contributed by atoms with van der Waals surface area (Å²) >= 11 is 4.79. The average Bonchev–Trinajstić information content (AvgIpc) is 2.46. The summed E-state index contributed by atoms with van der Waals surface area (Å²) < 4.78 is 16.7. The van der Waals surface area contributed by atoms with Gasteiger partial charge in [0.25, 0.3) is 0 Å². The molecule has 0 amide bonds. The van der Waals surface area contributed by atoms with E-state index in [0.717, 1.165) is 30.7 Å². The van der Waals surface area contributed by atoms with Crippen LogP contribution in [0.4, 0.5) is 0 Å². The van der Waals surface area contributed by atoms with Gasteiger partial charge in [-0.05, 0) is 50.3 Å². The van der Waals surface area contributed by atoms with E-state index in [9.17, 15) is 4.55 Å². The molecule has 0 radical (unpaired) electrons. The van der Waals surface area contributed by atoms with Crippen molar-refractivity contribution in [1.29, 1.82) is 0 Å². The minimum absolute atomic E-state index is 0.0390. The zero-order valence-electron chi connectivity index (χ0n) is 13.1. The molecule has 1 atom stereocenters. The molecule has 1 aliphatic rings. The molecule has 1 aromatic carbocycles. The third kappa shape index (κ3) is 3.46. The summed E-state index contributed by atoms with van der Waals surface area (Å²) in [7, 11) is 0. The highest BCUT2D eigenvalue weighted by Crippen LogP contribution is 2.43. The molecule has 0 N–H and O–H groups in total. The van der Waals surface area contributed by atoms with Crippen molar-refractivity contribution in [1.82, 2.24) is 0 Å². The van der Waals surface area contributed by atoms with Crippen molar-refractivity contribution in [3.8, 4) is 0 Å². The molecule has 0 saturated heterocycles. The Kier molecular flexibility index (Phi) is 5.39. The molecular formula is C17H24ClNOS. The van der Waals surface area contributed by atoms with Gasteiger partial charge >= 0.3 is 0 Å². The van der Waals surface area contributed by atoms with E-state index in [1.165, 1.54) is 12.0 Å². The summed E-state index contributed by atoms with van der Waals surface area (Å²) in [4.78, 5) is 0. The lowest BCUT2D eigenvalue weighted by molar-refractivity contribution is 0.348. The van der Waals surface area contributed by atoms with Gasteiger partial charge in [0.05, 0.1) is 6.21 Å². The number of hydrogen-bond donors (Lipinski definition) is 0. The van der Waals surface area contributed by atoms with E-state index in [4.69, 9.17) is 11.6 Å². The van der Waals surface area contributed by atoms with Crippen molar-refractivity contribution in [2.75, 3.05) is 0 Å². The van der Waals surface area contributed by atoms with E-state index < -0.39 is 11.4 Å². The highest BCUT2D eigenvalue weighted by Gasteiger charge is 2.40. The Morgan fingerprint density at radius 2 is 1.86 bits per heavy atom. The van der Waals surface area contributed by atoms with Crippen molar-refractivity contribution in [3.63, 3.8) is 0 Å². The van der Waals surface area contributed by atoms with E-state index in [1.807, 2.05) is 18.3 Å². The Hall–Kier alpha value is -0.510. The lowest BCUT2D eigenvalue weighted by Crippen LogP contribution is -2.38. The molecule has 1 saturated carbocycles. The number of nitrogens with zero attached hydrogens (tertiary/aromatic N) is 1. The first-order valence-corrected chi connectivity index (χ1v) is 9.17. The summed E-state index contributed by atoms with van der Waals surface area (Å²) in [5.41, 5.74) is 1.19. The standard InChI is InChI=1S/C17H24ClNOS/c1-4-16(3,5-2)21(20)19-13-17(11-6-12-17)14-7-9-15(18)10-8-14/h7-10,13H,4-6,11-12H2,1-3H3/b19-13+/t21-/m1/s1. The molecule has 0 spiro atoms. The third-order valence-corrected chi connectivity index (χ3v) is 6.95. The van der Waals surface area contributed by atoms with Gasteiger partial charge in [0.1, 0.15) is 16.1 Å². The fourth-order valence-corrected chi connectivity index (χ4v) is 3.78. The first kappa shape index (κ1) is 16.9. The maximum absolute atomic E-state index is 12.5. The van der Waals surface area contributed by atoms with Crippen molar-refractivity contribution >= 4 is 29.2 Å². The Morgan fingerprint density at radius 1 is 1.29 bits per heavy atom. The van der Waals surface area contributed by atoms with Crippen molar-refractivity contribution in [2.24, 2.45) is 4.40 Å². The zero-order valence-corrected chi connectivity index (χ0v) is 14.6. The molecule has 2 rings (SSSR count). The predicted molar refractivity (Wildman–Crippen MR) is 92.6 cm³/mol. The molecular weight excluding hydrogens is 302 g/mol. The smallest absolute Gasteiger partial charge is 0.149 e. The normalized spacial score (nSPS) is 19.5. The molecule has 0 heterocycles. The predicted octanol–water partition coefficient (Wildman–Crippen LogP) is 5.07. The molecule has 1 aromatic rings. The van der Waals surface area contributed by atoms with Crippen LogP contribution >= 0.6 is 11.6 Å². The van der Waals surface area contributed by atoms with Gasteiger partial charge in [0, 0.05) is 10.4 Å². The SMILES string of the molecule is CCC(C)(CC)[S@@+]([O-])/N=C/C1(c2ccc(Cl)cc2)CCC1. The molecule has 116 valence electrons. The van der Waals surface area contributed by atoms with Gasteiger partial charge in [0.15, 0.2) is 0 Å². The lowest BCUT2D eigenvalue weighted by Gasteiger charge is -2.39. The van der Waals surface area contributed by atoms with E-state index in [1.54, 1.807) is 0 Å². The van der Waals surface area contributed by atoms with Gasteiger partial charge in [-0.2, -0.15) is 0 Å². The van der Waals surface area contributed by atoms with Gasteiger partial charge in [-0.25, -0.2) is 0 Å². The van der Waals surface area contributed by atoms with Crippen molar-refractivity contribution in [3.05, 3.63) is 34.9 Å². The van der Waals surface area contributed by atoms with E-state index >= 15 is 0 Å². The lowest BCUT2D eigenvalue weighted by atomic mass is 9.65. The van der Waals surface area contributed by atoms with Gasteiger partial charge < -0.3 is 4.55 Å². The molecule has 4 heteroatoms. The second-order valence-corrected chi connectivity index (χ2v) is 8.29. The fraction of sp³-hybridized carbons (Fsp3) is 0.588. The fourth-order valence-electron chi connectivity index (χ4n) is 2.60. The van der Waals surface area contributed by atoms with E-state index in [-0.39, 0.29) is 10.2 Å². The first-order valence-electron chi connectivity index (χ1n) is 7.69. The van der Waals surface area contributed by atoms with Crippen LogP contribution in [-0.2, 0) is 16.8 Å². The number of rotatable bonds is 6. The minimum atomic E-state index is -1.17. The molecule has 0 unspecified atom stereocenters. The van der Waals surface area contributed by atoms with Crippen LogP contribution in [0.3, 0.4) is 0 Å². The van der Waals surface area contributed by atoms with Crippen LogP contribution in [0.25, 0.3) is 0 Å². The topological polar surface area (TPSA) is 35.4 Å². The number of benzene rings is 1. The van der Waals surface area contributed by atoms with Crippen LogP contribution in [-0.4, -0.2) is 15.5 Å². The third-order valence-electron chi connectivity index (χ3n) is 4.98. The summed E-state index contributed by atoms with van der Waals surface area (Å²) in [5.74, 6) is 0. The summed E-state index contributed by atoms with van der Waals surface area (Å²) in [6, 6.07) is 7.97. The Morgan fingerprint density at radius 3 is 2.29 bits per heavy atom. The van der Waals surface area contributed by atoms with Gasteiger partial charge in [-0.1, -0.05) is 48.4 Å². The van der Waals surface area contributed by atoms with E-state index in [0.29, 0.717) is 0 Å². The molecule has 2 nitrogen and oxygen atoms in total. The zero-order chi connectivity index (χ0) is 15.5. The molecule has 0 aromatic heterocycles. The van der Waals surface area contributed by atoms with Crippen LogP contribution in [0.15, 0.2) is 28.7 Å². The highest BCUT2D eigenvalue weighted by atomic mass is 35.5. The summed E-state index contributed by atoms with van der Waals surface area (Å²) in [6.07, 6.45) is 7.04. The van der Waals surface area contributed by atoms with E-state index in [2.05, 4.69) is 37.3 Å². The Balaban J connectivity index is 2.19.